The third-order valence-electron chi connectivity index (χ3n) is 4.79. The number of nitrogens with zero attached hydrogens (tertiary/aromatic N) is 2. The topological polar surface area (TPSA) is 76.0 Å². The molecule has 2 aromatic rings. The summed E-state index contributed by atoms with van der Waals surface area (Å²) in [5.74, 6) is 2.24. The summed E-state index contributed by atoms with van der Waals surface area (Å²) in [6, 6.07) is 10.2. The number of nitrogens with two attached hydrogens (primary N) is 1. The summed E-state index contributed by atoms with van der Waals surface area (Å²) < 4.78 is 11.3. The molecule has 3 N–H and O–H groups in total. The van der Waals surface area contributed by atoms with Gasteiger partial charge in [0.1, 0.15) is 11.5 Å². The minimum Gasteiger partial charge on any atom is -0.465 e. The fraction of sp³-hybridized carbons (Fsp3) is 0.450. The van der Waals surface area contributed by atoms with Gasteiger partial charge in [-0.3, -0.25) is 9.89 Å². The number of nitrogens with one attached hydrogen (secondary N) is 1. The zero-order valence-electron chi connectivity index (χ0n) is 16.2. The van der Waals surface area contributed by atoms with Gasteiger partial charge in [-0.1, -0.05) is 6.07 Å². The average Bonchev–Trinajstić information content (AvgIpc) is 3.05. The first-order valence-electron chi connectivity index (χ1n) is 9.05. The van der Waals surface area contributed by atoms with Crippen molar-refractivity contribution in [1.82, 2.24) is 4.90 Å². The van der Waals surface area contributed by atoms with E-state index in [1.165, 1.54) is 11.1 Å². The summed E-state index contributed by atoms with van der Waals surface area (Å²) in [6.45, 7) is 9.87. The third-order valence-corrected chi connectivity index (χ3v) is 4.79. The van der Waals surface area contributed by atoms with Gasteiger partial charge in [-0.15, -0.1) is 24.0 Å². The van der Waals surface area contributed by atoms with Crippen LogP contribution in [0.15, 0.2) is 39.7 Å². The van der Waals surface area contributed by atoms with Gasteiger partial charge in [0, 0.05) is 18.8 Å². The maximum Gasteiger partial charge on any atom is 0.193 e. The van der Waals surface area contributed by atoms with E-state index in [1.54, 1.807) is 0 Å². The zero-order valence-corrected chi connectivity index (χ0v) is 18.5. The van der Waals surface area contributed by atoms with E-state index < -0.39 is 0 Å². The van der Waals surface area contributed by atoms with Crippen molar-refractivity contribution in [3.8, 4) is 0 Å². The number of rotatable bonds is 5. The van der Waals surface area contributed by atoms with Crippen LogP contribution in [0, 0.1) is 20.8 Å². The van der Waals surface area contributed by atoms with Crippen LogP contribution in [0.25, 0.3) is 0 Å². The normalized spacial score (nSPS) is 16.6. The van der Waals surface area contributed by atoms with Crippen LogP contribution in [0.3, 0.4) is 0 Å². The highest BCUT2D eigenvalue weighted by Crippen LogP contribution is 2.24. The predicted molar refractivity (Wildman–Crippen MR) is 120 cm³/mol. The molecule has 0 radical (unpaired) electrons. The molecule has 1 saturated heterocycles. The van der Waals surface area contributed by atoms with Crippen LogP contribution < -0.4 is 11.1 Å². The highest BCUT2D eigenvalue weighted by Gasteiger charge is 2.25. The lowest BCUT2D eigenvalue weighted by Crippen LogP contribution is -2.40. The van der Waals surface area contributed by atoms with Crippen molar-refractivity contribution < 1.29 is 9.15 Å². The molecule has 1 fully saturated rings. The number of guanidine groups is 1. The molecule has 0 amide bonds. The van der Waals surface area contributed by atoms with Gasteiger partial charge in [0.25, 0.3) is 0 Å². The molecule has 1 aliphatic heterocycles. The second-order valence-corrected chi connectivity index (χ2v) is 6.76. The number of ether oxygens (including phenoxy) is 1. The van der Waals surface area contributed by atoms with Gasteiger partial charge in [0.05, 0.1) is 25.8 Å². The molecular weight excluding hydrogens is 455 g/mol. The summed E-state index contributed by atoms with van der Waals surface area (Å²) in [6.07, 6.45) is 0. The van der Waals surface area contributed by atoms with Gasteiger partial charge < -0.3 is 20.2 Å². The number of hydrogen-bond acceptors (Lipinski definition) is 4. The summed E-state index contributed by atoms with van der Waals surface area (Å²) in [7, 11) is 0. The summed E-state index contributed by atoms with van der Waals surface area (Å²) in [5.41, 5.74) is 9.55. The number of aryl methyl sites for hydroxylation is 3. The van der Waals surface area contributed by atoms with E-state index in [9.17, 15) is 0 Å². The lowest BCUT2D eigenvalue weighted by atomic mass is 10.1. The van der Waals surface area contributed by atoms with Crippen LogP contribution in [-0.2, 0) is 4.74 Å². The van der Waals surface area contributed by atoms with Crippen molar-refractivity contribution in [2.45, 2.75) is 26.8 Å². The second kappa shape index (κ2) is 10.1. The monoisotopic (exact) mass is 484 g/mol. The molecule has 27 heavy (non-hydrogen) atoms. The highest BCUT2D eigenvalue weighted by atomic mass is 127. The van der Waals surface area contributed by atoms with E-state index in [2.05, 4.69) is 41.2 Å². The molecule has 1 aliphatic rings. The van der Waals surface area contributed by atoms with Crippen LogP contribution in [0.2, 0.25) is 0 Å². The number of benzene rings is 1. The molecule has 148 valence electrons. The maximum absolute atomic E-state index is 6.12. The quantitative estimate of drug-likeness (QED) is 0.385. The molecule has 1 unspecified atom stereocenters. The van der Waals surface area contributed by atoms with Gasteiger partial charge in [-0.2, -0.15) is 0 Å². The summed E-state index contributed by atoms with van der Waals surface area (Å²) >= 11 is 0. The van der Waals surface area contributed by atoms with Crippen molar-refractivity contribution in [2.75, 3.05) is 38.2 Å². The Labute approximate surface area is 178 Å². The molecule has 7 heteroatoms. The molecule has 3 rings (SSSR count). The van der Waals surface area contributed by atoms with Gasteiger partial charge in [0.2, 0.25) is 0 Å². The smallest absolute Gasteiger partial charge is 0.193 e. The molecule has 6 nitrogen and oxygen atoms in total. The van der Waals surface area contributed by atoms with Crippen molar-refractivity contribution in [1.29, 1.82) is 0 Å². The maximum atomic E-state index is 6.12. The Morgan fingerprint density at radius 3 is 2.52 bits per heavy atom. The lowest BCUT2D eigenvalue weighted by Gasteiger charge is -2.32. The van der Waals surface area contributed by atoms with Gasteiger partial charge >= 0.3 is 0 Å². The van der Waals surface area contributed by atoms with Gasteiger partial charge in [0.15, 0.2) is 5.96 Å². The molecule has 0 spiro atoms. The first kappa shape index (κ1) is 21.7. The van der Waals surface area contributed by atoms with E-state index in [-0.39, 0.29) is 30.0 Å². The number of anilines is 1. The fourth-order valence-electron chi connectivity index (χ4n) is 3.10. The van der Waals surface area contributed by atoms with Crippen molar-refractivity contribution >= 4 is 35.6 Å². The van der Waals surface area contributed by atoms with E-state index in [0.717, 1.165) is 43.5 Å². The van der Waals surface area contributed by atoms with Crippen molar-refractivity contribution in [2.24, 2.45) is 10.7 Å². The van der Waals surface area contributed by atoms with E-state index in [4.69, 9.17) is 14.9 Å². The van der Waals surface area contributed by atoms with E-state index in [1.807, 2.05) is 25.1 Å². The first-order valence-corrected chi connectivity index (χ1v) is 9.05. The molecule has 0 aliphatic carbocycles. The Morgan fingerprint density at radius 2 is 1.89 bits per heavy atom. The van der Waals surface area contributed by atoms with Gasteiger partial charge in [-0.05, 0) is 56.2 Å². The number of morpholine rings is 1. The zero-order chi connectivity index (χ0) is 18.5. The SMILES string of the molecule is Cc1ccc(C(CN=C(N)Nc2ccc(C)c(C)c2)N2CCOCC2)o1.I. The minimum atomic E-state index is 0. The van der Waals surface area contributed by atoms with E-state index in [0.29, 0.717) is 12.5 Å². The van der Waals surface area contributed by atoms with Crippen LogP contribution in [0.4, 0.5) is 5.69 Å². The largest absolute Gasteiger partial charge is 0.465 e. The second-order valence-electron chi connectivity index (χ2n) is 6.76. The van der Waals surface area contributed by atoms with E-state index >= 15 is 0 Å². The summed E-state index contributed by atoms with van der Waals surface area (Å²) in [5, 5.41) is 3.18. The lowest BCUT2D eigenvalue weighted by molar-refractivity contribution is 0.0135. The molecule has 2 heterocycles. The molecule has 1 atom stereocenters. The summed E-state index contributed by atoms with van der Waals surface area (Å²) in [4.78, 5) is 6.92. The molecule has 0 saturated carbocycles. The Hall–Kier alpha value is -1.58. The molecular formula is C20H29IN4O2. The van der Waals surface area contributed by atoms with Crippen molar-refractivity contribution in [3.05, 3.63) is 53.0 Å². The number of hydrogen-bond donors (Lipinski definition) is 2. The van der Waals surface area contributed by atoms with Crippen LogP contribution in [0.1, 0.15) is 28.7 Å². The molecule has 1 aromatic carbocycles. The Morgan fingerprint density at radius 1 is 1.15 bits per heavy atom. The molecule has 1 aromatic heterocycles. The van der Waals surface area contributed by atoms with Crippen LogP contribution in [-0.4, -0.2) is 43.7 Å². The Kier molecular flexibility index (Phi) is 8.12. The number of aliphatic imine (C=N–C) groups is 1. The Balaban J connectivity index is 0.00000261. The standard InChI is InChI=1S/C20H28N4O2.HI/c1-14-4-6-17(12-15(14)2)23-20(21)22-13-18(19-7-5-16(3)26-19)24-8-10-25-11-9-24;/h4-7,12,18H,8-11,13H2,1-3H3,(H3,21,22,23);1H. The van der Waals surface area contributed by atoms with Gasteiger partial charge in [-0.25, -0.2) is 0 Å². The van der Waals surface area contributed by atoms with Crippen molar-refractivity contribution in [3.63, 3.8) is 0 Å². The molecule has 0 bridgehead atoms. The predicted octanol–water partition coefficient (Wildman–Crippen LogP) is 3.62. The highest BCUT2D eigenvalue weighted by molar-refractivity contribution is 14.0. The number of furan rings is 1. The first-order chi connectivity index (χ1) is 12.5. The third kappa shape index (κ3) is 5.95. The average molecular weight is 484 g/mol. The van der Waals surface area contributed by atoms with Crippen LogP contribution in [0.5, 0.6) is 0 Å². The fourth-order valence-corrected chi connectivity index (χ4v) is 3.10. The number of halogens is 1. The van der Waals surface area contributed by atoms with Crippen LogP contribution >= 0.6 is 24.0 Å². The minimum absolute atomic E-state index is 0. The Bertz CT molecular complexity index is 769.